The van der Waals surface area contributed by atoms with E-state index in [1.54, 1.807) is 0 Å². The van der Waals surface area contributed by atoms with Gasteiger partial charge in [-0.15, -0.1) is 0 Å². The van der Waals surface area contributed by atoms with Crippen molar-refractivity contribution in [3.63, 3.8) is 0 Å². The van der Waals surface area contributed by atoms with Crippen LogP contribution < -0.4 is 0 Å². The fraction of sp³-hybridized carbons (Fsp3) is 0.538. The first-order valence-electron chi connectivity index (χ1n) is 5.52. The van der Waals surface area contributed by atoms with Crippen LogP contribution in [0.3, 0.4) is 0 Å². The van der Waals surface area contributed by atoms with Crippen molar-refractivity contribution in [1.82, 2.24) is 0 Å². The van der Waals surface area contributed by atoms with Crippen molar-refractivity contribution < 1.29 is 5.11 Å². The average molecular weight is 192 g/mol. The molecule has 1 aromatic rings. The fourth-order valence-corrected chi connectivity index (χ4v) is 1.87. The Morgan fingerprint density at radius 1 is 1.21 bits per heavy atom. The van der Waals surface area contributed by atoms with E-state index in [-0.39, 0.29) is 6.10 Å². The minimum Gasteiger partial charge on any atom is -0.393 e. The highest BCUT2D eigenvalue weighted by molar-refractivity contribution is 5.33. The second-order valence-corrected chi connectivity index (χ2v) is 3.67. The SMILES string of the molecule is CC.Cc1ccc2c(c1)CC(O)CC2. The lowest BCUT2D eigenvalue weighted by atomic mass is 9.89. The first-order valence-corrected chi connectivity index (χ1v) is 5.52. The van der Waals surface area contributed by atoms with Crippen molar-refractivity contribution in [2.75, 3.05) is 0 Å². The van der Waals surface area contributed by atoms with Crippen LogP contribution >= 0.6 is 0 Å². The number of fused-ring (bicyclic) bond motifs is 1. The predicted octanol–water partition coefficient (Wildman–Crippen LogP) is 2.87. The minimum absolute atomic E-state index is 0.112. The molecule has 0 heterocycles. The quantitative estimate of drug-likeness (QED) is 0.670. The molecule has 0 saturated heterocycles. The monoisotopic (exact) mass is 192 g/mol. The van der Waals surface area contributed by atoms with Crippen LogP contribution in [0, 0.1) is 6.92 Å². The normalized spacial score (nSPS) is 19.3. The highest BCUT2D eigenvalue weighted by Gasteiger charge is 2.15. The number of hydrogen-bond acceptors (Lipinski definition) is 1. The second-order valence-electron chi connectivity index (χ2n) is 3.67. The van der Waals surface area contributed by atoms with Crippen molar-refractivity contribution in [3.8, 4) is 0 Å². The van der Waals surface area contributed by atoms with Crippen LogP contribution in [0.5, 0.6) is 0 Å². The highest BCUT2D eigenvalue weighted by Crippen LogP contribution is 2.22. The maximum absolute atomic E-state index is 9.45. The third-order valence-corrected chi connectivity index (χ3v) is 2.56. The number of aliphatic hydroxyl groups is 1. The van der Waals surface area contributed by atoms with Crippen LogP contribution in [-0.4, -0.2) is 11.2 Å². The first-order chi connectivity index (χ1) is 6.75. The van der Waals surface area contributed by atoms with Crippen LogP contribution in [-0.2, 0) is 12.8 Å². The predicted molar refractivity (Wildman–Crippen MR) is 60.6 cm³/mol. The number of aryl methyl sites for hydroxylation is 2. The van der Waals surface area contributed by atoms with Gasteiger partial charge in [-0.2, -0.15) is 0 Å². The zero-order valence-corrected chi connectivity index (χ0v) is 9.38. The van der Waals surface area contributed by atoms with Gasteiger partial charge in [0.2, 0.25) is 0 Å². The molecule has 14 heavy (non-hydrogen) atoms. The lowest BCUT2D eigenvalue weighted by Gasteiger charge is -2.20. The van der Waals surface area contributed by atoms with Gasteiger partial charge in [-0.1, -0.05) is 37.6 Å². The summed E-state index contributed by atoms with van der Waals surface area (Å²) in [5, 5.41) is 9.45. The van der Waals surface area contributed by atoms with Crippen LogP contribution in [0.25, 0.3) is 0 Å². The van der Waals surface area contributed by atoms with E-state index >= 15 is 0 Å². The number of hydrogen-bond donors (Lipinski definition) is 1. The molecule has 0 spiro atoms. The summed E-state index contributed by atoms with van der Waals surface area (Å²) in [5.41, 5.74) is 4.06. The smallest absolute Gasteiger partial charge is 0.0583 e. The summed E-state index contributed by atoms with van der Waals surface area (Å²) in [5.74, 6) is 0. The largest absolute Gasteiger partial charge is 0.393 e. The maximum Gasteiger partial charge on any atom is 0.0583 e. The van der Waals surface area contributed by atoms with Gasteiger partial charge in [-0.05, 0) is 37.3 Å². The van der Waals surface area contributed by atoms with E-state index in [1.807, 2.05) is 13.8 Å². The van der Waals surface area contributed by atoms with Crippen molar-refractivity contribution in [3.05, 3.63) is 34.9 Å². The van der Waals surface area contributed by atoms with Gasteiger partial charge in [0, 0.05) is 0 Å². The summed E-state index contributed by atoms with van der Waals surface area (Å²) in [6, 6.07) is 6.53. The minimum atomic E-state index is -0.112. The molecule has 1 nitrogen and oxygen atoms in total. The van der Waals surface area contributed by atoms with E-state index in [0.29, 0.717) is 0 Å². The molecule has 1 aliphatic carbocycles. The molecule has 0 fully saturated rings. The molecule has 1 heteroatoms. The Labute approximate surface area is 86.8 Å². The Kier molecular flexibility index (Phi) is 4.15. The third-order valence-electron chi connectivity index (χ3n) is 2.56. The van der Waals surface area contributed by atoms with E-state index in [1.165, 1.54) is 16.7 Å². The molecule has 0 radical (unpaired) electrons. The van der Waals surface area contributed by atoms with Gasteiger partial charge in [0.1, 0.15) is 0 Å². The Balaban J connectivity index is 0.000000461. The Hall–Kier alpha value is -0.820. The summed E-state index contributed by atoms with van der Waals surface area (Å²) in [4.78, 5) is 0. The Morgan fingerprint density at radius 2 is 1.93 bits per heavy atom. The van der Waals surface area contributed by atoms with E-state index in [2.05, 4.69) is 25.1 Å². The van der Waals surface area contributed by atoms with Crippen molar-refractivity contribution in [2.24, 2.45) is 0 Å². The highest BCUT2D eigenvalue weighted by atomic mass is 16.3. The molecule has 1 atom stereocenters. The molecule has 0 bridgehead atoms. The maximum atomic E-state index is 9.45. The average Bonchev–Trinajstić information content (AvgIpc) is 2.20. The summed E-state index contributed by atoms with van der Waals surface area (Å²) in [6.07, 6.45) is 2.70. The zero-order chi connectivity index (χ0) is 10.6. The van der Waals surface area contributed by atoms with Crippen LogP contribution in [0.4, 0.5) is 0 Å². The van der Waals surface area contributed by atoms with E-state index in [4.69, 9.17) is 0 Å². The Bertz CT molecular complexity index is 291. The summed E-state index contributed by atoms with van der Waals surface area (Å²) in [7, 11) is 0. The van der Waals surface area contributed by atoms with Gasteiger partial charge in [-0.3, -0.25) is 0 Å². The molecule has 1 N–H and O–H groups in total. The van der Waals surface area contributed by atoms with Gasteiger partial charge in [0.25, 0.3) is 0 Å². The molecule has 1 aliphatic rings. The van der Waals surface area contributed by atoms with Crippen molar-refractivity contribution in [1.29, 1.82) is 0 Å². The van der Waals surface area contributed by atoms with E-state index < -0.39 is 0 Å². The summed E-state index contributed by atoms with van der Waals surface area (Å²) >= 11 is 0. The van der Waals surface area contributed by atoms with E-state index in [9.17, 15) is 5.11 Å². The van der Waals surface area contributed by atoms with Gasteiger partial charge in [-0.25, -0.2) is 0 Å². The summed E-state index contributed by atoms with van der Waals surface area (Å²) < 4.78 is 0. The number of benzene rings is 1. The van der Waals surface area contributed by atoms with Gasteiger partial charge < -0.3 is 5.11 Å². The number of aliphatic hydroxyl groups excluding tert-OH is 1. The second kappa shape index (κ2) is 5.16. The van der Waals surface area contributed by atoms with Crippen LogP contribution in [0.15, 0.2) is 18.2 Å². The third kappa shape index (κ3) is 2.58. The van der Waals surface area contributed by atoms with Gasteiger partial charge >= 0.3 is 0 Å². The standard InChI is InChI=1S/C11H14O.C2H6/c1-8-2-3-9-4-5-11(12)7-10(9)6-8;1-2/h2-3,6,11-12H,4-5,7H2,1H3;1-2H3. The van der Waals surface area contributed by atoms with Crippen molar-refractivity contribution >= 4 is 0 Å². The molecular weight excluding hydrogens is 172 g/mol. The molecule has 0 amide bonds. The molecule has 0 aromatic heterocycles. The topological polar surface area (TPSA) is 20.2 Å². The molecule has 0 saturated carbocycles. The van der Waals surface area contributed by atoms with Gasteiger partial charge in [0.15, 0.2) is 0 Å². The lowest BCUT2D eigenvalue weighted by Crippen LogP contribution is -2.18. The molecule has 1 aromatic carbocycles. The van der Waals surface area contributed by atoms with Crippen molar-refractivity contribution in [2.45, 2.75) is 46.1 Å². The number of rotatable bonds is 0. The first kappa shape index (κ1) is 11.3. The molecule has 2 rings (SSSR count). The molecular formula is C13H20O. The van der Waals surface area contributed by atoms with E-state index in [0.717, 1.165) is 19.3 Å². The van der Waals surface area contributed by atoms with Crippen LogP contribution in [0.2, 0.25) is 0 Å². The van der Waals surface area contributed by atoms with Crippen LogP contribution in [0.1, 0.15) is 37.0 Å². The molecule has 0 aliphatic heterocycles. The zero-order valence-electron chi connectivity index (χ0n) is 9.38. The Morgan fingerprint density at radius 3 is 2.64 bits per heavy atom. The summed E-state index contributed by atoms with van der Waals surface area (Å²) in [6.45, 7) is 6.10. The molecule has 1 unspecified atom stereocenters. The lowest BCUT2D eigenvalue weighted by molar-refractivity contribution is 0.158. The molecule has 78 valence electrons. The van der Waals surface area contributed by atoms with Gasteiger partial charge in [0.05, 0.1) is 6.10 Å². The fourth-order valence-electron chi connectivity index (χ4n) is 1.87.